The molecule has 0 radical (unpaired) electrons. The van der Waals surface area contributed by atoms with Crippen LogP contribution in [0.15, 0.2) is 18.2 Å². The first kappa shape index (κ1) is 16.5. The molecule has 22 heavy (non-hydrogen) atoms. The number of aliphatic hydroxyl groups excluding tert-OH is 1. The second-order valence-corrected chi connectivity index (χ2v) is 6.42. The van der Waals surface area contributed by atoms with Crippen LogP contribution in [0.25, 0.3) is 0 Å². The van der Waals surface area contributed by atoms with E-state index in [2.05, 4.69) is 0 Å². The summed E-state index contributed by atoms with van der Waals surface area (Å²) in [4.78, 5) is 13.8. The summed E-state index contributed by atoms with van der Waals surface area (Å²) in [6.45, 7) is 5.47. The highest BCUT2D eigenvalue weighted by molar-refractivity contribution is 5.69. The van der Waals surface area contributed by atoms with E-state index in [1.54, 1.807) is 20.8 Å². The van der Waals surface area contributed by atoms with Crippen LogP contribution in [-0.2, 0) is 4.74 Å². The third-order valence-electron chi connectivity index (χ3n) is 3.46. The standard InChI is InChI=1S/C16H22FNO4/c1-16(2,3)22-15(20)18-9-11(19)8-13(18)12-7-10(17)5-6-14(12)21-4/h5-7,11,13,19H,8-9H2,1-4H3/t11-,13?/m1/s1. The van der Waals surface area contributed by atoms with E-state index in [1.165, 1.54) is 30.2 Å². The number of rotatable bonds is 2. The first-order valence-corrected chi connectivity index (χ1v) is 7.22. The number of carbonyl (C=O) groups excluding carboxylic acids is 1. The Kier molecular flexibility index (Phi) is 4.60. The monoisotopic (exact) mass is 311 g/mol. The summed E-state index contributed by atoms with van der Waals surface area (Å²) in [6.07, 6.45) is -0.884. The van der Waals surface area contributed by atoms with Gasteiger partial charge in [0.25, 0.3) is 0 Å². The van der Waals surface area contributed by atoms with Gasteiger partial charge in [0.2, 0.25) is 0 Å². The van der Waals surface area contributed by atoms with Gasteiger partial charge in [-0.2, -0.15) is 0 Å². The number of benzene rings is 1. The molecule has 2 rings (SSSR count). The molecule has 1 aromatic carbocycles. The van der Waals surface area contributed by atoms with Gasteiger partial charge in [-0.25, -0.2) is 9.18 Å². The highest BCUT2D eigenvalue weighted by Crippen LogP contribution is 2.38. The maximum Gasteiger partial charge on any atom is 0.410 e. The fraction of sp³-hybridized carbons (Fsp3) is 0.562. The van der Waals surface area contributed by atoms with E-state index in [-0.39, 0.29) is 6.54 Å². The van der Waals surface area contributed by atoms with Crippen molar-refractivity contribution < 1.29 is 23.8 Å². The van der Waals surface area contributed by atoms with Gasteiger partial charge in [0.15, 0.2) is 0 Å². The highest BCUT2D eigenvalue weighted by Gasteiger charge is 2.39. The Hall–Kier alpha value is -1.82. The average molecular weight is 311 g/mol. The van der Waals surface area contributed by atoms with E-state index in [0.29, 0.717) is 17.7 Å². The highest BCUT2D eigenvalue weighted by atomic mass is 19.1. The molecule has 1 aliphatic rings. The molecule has 1 aliphatic heterocycles. The predicted molar refractivity (Wildman–Crippen MR) is 79.3 cm³/mol. The summed E-state index contributed by atoms with van der Waals surface area (Å²) in [7, 11) is 1.49. The zero-order valence-electron chi connectivity index (χ0n) is 13.3. The third-order valence-corrected chi connectivity index (χ3v) is 3.46. The summed E-state index contributed by atoms with van der Waals surface area (Å²) >= 11 is 0. The lowest BCUT2D eigenvalue weighted by Gasteiger charge is -2.29. The van der Waals surface area contributed by atoms with Crippen LogP contribution in [0.5, 0.6) is 5.75 Å². The van der Waals surface area contributed by atoms with Crippen molar-refractivity contribution in [3.63, 3.8) is 0 Å². The number of hydrogen-bond donors (Lipinski definition) is 1. The van der Waals surface area contributed by atoms with Crippen LogP contribution in [0.2, 0.25) is 0 Å². The molecule has 5 nitrogen and oxygen atoms in total. The first-order valence-electron chi connectivity index (χ1n) is 7.22. The Balaban J connectivity index is 2.32. The van der Waals surface area contributed by atoms with Gasteiger partial charge in [-0.15, -0.1) is 0 Å². The summed E-state index contributed by atoms with van der Waals surface area (Å²) in [5, 5.41) is 9.93. The molecule has 0 aliphatic carbocycles. The van der Waals surface area contributed by atoms with Gasteiger partial charge < -0.3 is 14.6 Å². The molecule has 0 saturated carbocycles. The Morgan fingerprint density at radius 1 is 1.41 bits per heavy atom. The van der Waals surface area contributed by atoms with Gasteiger partial charge in [0.1, 0.15) is 17.2 Å². The van der Waals surface area contributed by atoms with Crippen molar-refractivity contribution in [3.8, 4) is 5.75 Å². The van der Waals surface area contributed by atoms with Crippen molar-refractivity contribution in [1.82, 2.24) is 4.90 Å². The van der Waals surface area contributed by atoms with Crippen molar-refractivity contribution in [1.29, 1.82) is 0 Å². The van der Waals surface area contributed by atoms with Gasteiger partial charge >= 0.3 is 6.09 Å². The van der Waals surface area contributed by atoms with E-state index in [1.807, 2.05) is 0 Å². The molecule has 1 unspecified atom stereocenters. The number of hydrogen-bond acceptors (Lipinski definition) is 4. The SMILES string of the molecule is COc1ccc(F)cc1C1C[C@@H](O)CN1C(=O)OC(C)(C)C. The van der Waals surface area contributed by atoms with Gasteiger partial charge in [-0.3, -0.25) is 4.90 Å². The molecular weight excluding hydrogens is 289 g/mol. The van der Waals surface area contributed by atoms with Crippen LogP contribution >= 0.6 is 0 Å². The number of methoxy groups -OCH3 is 1. The number of aliphatic hydroxyl groups is 1. The lowest BCUT2D eigenvalue weighted by molar-refractivity contribution is 0.0205. The van der Waals surface area contributed by atoms with Crippen molar-refractivity contribution in [2.45, 2.75) is 44.9 Å². The van der Waals surface area contributed by atoms with E-state index < -0.39 is 29.7 Å². The van der Waals surface area contributed by atoms with Crippen LogP contribution in [0, 0.1) is 5.82 Å². The number of likely N-dealkylation sites (tertiary alicyclic amines) is 1. The summed E-state index contributed by atoms with van der Waals surface area (Å²) in [5.41, 5.74) is -0.105. The molecule has 1 aromatic rings. The van der Waals surface area contributed by atoms with Crippen molar-refractivity contribution >= 4 is 6.09 Å². The third kappa shape index (κ3) is 3.68. The van der Waals surface area contributed by atoms with Crippen molar-refractivity contribution in [2.24, 2.45) is 0 Å². The molecule has 6 heteroatoms. The van der Waals surface area contributed by atoms with E-state index in [0.717, 1.165) is 0 Å². The van der Waals surface area contributed by atoms with E-state index >= 15 is 0 Å². The van der Waals surface area contributed by atoms with Gasteiger partial charge in [0, 0.05) is 5.56 Å². The van der Waals surface area contributed by atoms with Crippen molar-refractivity contribution in [2.75, 3.05) is 13.7 Å². The summed E-state index contributed by atoms with van der Waals surface area (Å²) < 4.78 is 24.2. The molecule has 0 spiro atoms. The minimum Gasteiger partial charge on any atom is -0.496 e. The van der Waals surface area contributed by atoms with Gasteiger partial charge in [-0.1, -0.05) is 0 Å². The largest absolute Gasteiger partial charge is 0.496 e. The minimum absolute atomic E-state index is 0.152. The van der Waals surface area contributed by atoms with E-state index in [4.69, 9.17) is 9.47 Å². The second kappa shape index (κ2) is 6.12. The first-order chi connectivity index (χ1) is 10.2. The molecular formula is C16H22FNO4. The smallest absolute Gasteiger partial charge is 0.410 e. The number of nitrogens with zero attached hydrogens (tertiary/aromatic N) is 1. The zero-order chi connectivity index (χ0) is 16.5. The van der Waals surface area contributed by atoms with Crippen molar-refractivity contribution in [3.05, 3.63) is 29.6 Å². The molecule has 1 heterocycles. The Bertz CT molecular complexity index is 556. The fourth-order valence-corrected chi connectivity index (χ4v) is 2.60. The lowest BCUT2D eigenvalue weighted by atomic mass is 10.0. The summed E-state index contributed by atoms with van der Waals surface area (Å²) in [6, 6.07) is 3.67. The minimum atomic E-state index is -0.675. The van der Waals surface area contributed by atoms with Crippen LogP contribution < -0.4 is 4.74 Å². The van der Waals surface area contributed by atoms with Gasteiger partial charge in [0.05, 0.1) is 25.8 Å². The second-order valence-electron chi connectivity index (χ2n) is 6.42. The van der Waals surface area contributed by atoms with Crippen LogP contribution in [0.3, 0.4) is 0 Å². The number of halogens is 1. The van der Waals surface area contributed by atoms with Crippen LogP contribution in [0.1, 0.15) is 38.8 Å². The topological polar surface area (TPSA) is 59.0 Å². The molecule has 0 aromatic heterocycles. The van der Waals surface area contributed by atoms with Crippen LogP contribution in [-0.4, -0.2) is 41.5 Å². The number of β-amino-alcohol motifs (C(OH)–C–C–N with tert-alkyl or cyclic N) is 1. The lowest BCUT2D eigenvalue weighted by Crippen LogP contribution is -2.37. The normalized spacial score (nSPS) is 21.8. The molecule has 2 atom stereocenters. The number of carbonyl (C=O) groups is 1. The quantitative estimate of drug-likeness (QED) is 0.912. The molecule has 1 fully saturated rings. The molecule has 1 amide bonds. The molecule has 1 saturated heterocycles. The summed E-state index contributed by atoms with van der Waals surface area (Å²) in [5.74, 6) is 0.0652. The maximum atomic E-state index is 13.6. The van der Waals surface area contributed by atoms with Gasteiger partial charge in [-0.05, 0) is 45.4 Å². The average Bonchev–Trinajstić information content (AvgIpc) is 2.79. The predicted octanol–water partition coefficient (Wildman–Crippen LogP) is 2.88. The molecule has 1 N–H and O–H groups in total. The molecule has 122 valence electrons. The Labute approximate surface area is 129 Å². The number of amides is 1. The van der Waals surface area contributed by atoms with E-state index in [9.17, 15) is 14.3 Å². The maximum absolute atomic E-state index is 13.6. The number of ether oxygens (including phenoxy) is 2. The Morgan fingerprint density at radius 3 is 2.68 bits per heavy atom. The Morgan fingerprint density at radius 2 is 2.09 bits per heavy atom. The zero-order valence-corrected chi connectivity index (χ0v) is 13.3. The van der Waals surface area contributed by atoms with Crippen LogP contribution in [0.4, 0.5) is 9.18 Å². The fourth-order valence-electron chi connectivity index (χ4n) is 2.60. The molecule has 0 bridgehead atoms.